The molecule has 0 aromatic heterocycles. The highest BCUT2D eigenvalue weighted by atomic mass is 14.8. The summed E-state index contributed by atoms with van der Waals surface area (Å²) in [6.07, 6.45) is 33.7. The van der Waals surface area contributed by atoms with Crippen molar-refractivity contribution in [1.29, 1.82) is 0 Å². The fourth-order valence-electron chi connectivity index (χ4n) is 18.4. The molecule has 0 nitrogen and oxygen atoms in total. The Morgan fingerprint density at radius 1 is 0.477 bits per heavy atom. The lowest BCUT2D eigenvalue weighted by molar-refractivity contribution is -0.138. The molecule has 9 aliphatic carbocycles. The number of rotatable bonds is 2. The molecule has 44 heavy (non-hydrogen) atoms. The van der Waals surface area contributed by atoms with Crippen molar-refractivity contribution >= 4 is 0 Å². The van der Waals surface area contributed by atoms with Gasteiger partial charge in [0.15, 0.2) is 0 Å². The molecule has 17 atom stereocenters. The van der Waals surface area contributed by atoms with Crippen molar-refractivity contribution < 1.29 is 0 Å². The number of hydrogen-bond donors (Lipinski definition) is 0. The van der Waals surface area contributed by atoms with Crippen LogP contribution in [0, 0.1) is 112 Å². The molecular weight excluding hydrogens is 528 g/mol. The van der Waals surface area contributed by atoms with Crippen molar-refractivity contribution in [1.82, 2.24) is 0 Å². The second-order valence-corrected chi connectivity index (χ2v) is 20.5. The summed E-state index contributed by atoms with van der Waals surface area (Å²) in [4.78, 5) is 0. The monoisotopic (exact) mass is 601 g/mol. The Hall–Kier alpha value is 0. The van der Waals surface area contributed by atoms with Gasteiger partial charge >= 0.3 is 0 Å². The summed E-state index contributed by atoms with van der Waals surface area (Å²) < 4.78 is 0. The van der Waals surface area contributed by atoms with Gasteiger partial charge in [-0.2, -0.15) is 0 Å². The molecule has 9 fully saturated rings. The van der Waals surface area contributed by atoms with Crippen LogP contribution in [-0.2, 0) is 0 Å². The molecule has 0 heterocycles. The number of fused-ring (bicyclic) bond motifs is 13. The van der Waals surface area contributed by atoms with Gasteiger partial charge < -0.3 is 0 Å². The van der Waals surface area contributed by atoms with Gasteiger partial charge in [0.05, 0.1) is 0 Å². The topological polar surface area (TPSA) is 0 Å². The highest BCUT2D eigenvalue weighted by Crippen LogP contribution is 2.78. The van der Waals surface area contributed by atoms with Gasteiger partial charge in [-0.25, -0.2) is 0 Å². The minimum Gasteiger partial charge on any atom is -0.0625 e. The Labute approximate surface area is 273 Å². The molecule has 0 saturated heterocycles. The minimum atomic E-state index is 0.710. The maximum atomic E-state index is 2.82. The Balaban J connectivity index is 1.17. The first-order chi connectivity index (χ1) is 21.5. The normalized spacial score (nSPS) is 57.2. The van der Waals surface area contributed by atoms with E-state index >= 15 is 0 Å². The van der Waals surface area contributed by atoms with Crippen LogP contribution >= 0.6 is 0 Å². The number of hydrogen-bond acceptors (Lipinski definition) is 0. The molecule has 0 bridgehead atoms. The maximum Gasteiger partial charge on any atom is -0.0197 e. The quantitative estimate of drug-likeness (QED) is 0.296. The van der Waals surface area contributed by atoms with Crippen LogP contribution in [0.2, 0.25) is 0 Å². The van der Waals surface area contributed by atoms with E-state index in [2.05, 4.69) is 27.7 Å². The lowest BCUT2D eigenvalue weighted by Crippen LogP contribution is -2.56. The zero-order valence-electron chi connectivity index (χ0n) is 29.7. The van der Waals surface area contributed by atoms with Crippen LogP contribution in [0.4, 0.5) is 0 Å². The molecule has 0 aromatic carbocycles. The zero-order chi connectivity index (χ0) is 29.7. The van der Waals surface area contributed by atoms with Crippen molar-refractivity contribution in [2.75, 3.05) is 0 Å². The molecule has 1 spiro atoms. The predicted octanol–water partition coefficient (Wildman–Crippen LogP) is 12.5. The lowest BCUT2D eigenvalue weighted by atomic mass is 9.43. The highest BCUT2D eigenvalue weighted by molar-refractivity contribution is 5.20. The fourth-order valence-corrected chi connectivity index (χ4v) is 18.4. The molecular formula is C44H72. The molecule has 17 unspecified atom stereocenters. The Morgan fingerprint density at radius 2 is 1.16 bits per heavy atom. The van der Waals surface area contributed by atoms with Crippen LogP contribution in [0.5, 0.6) is 0 Å². The molecule has 0 aliphatic heterocycles. The van der Waals surface area contributed by atoms with E-state index in [1.807, 2.05) is 0 Å². The van der Waals surface area contributed by atoms with Gasteiger partial charge in [-0.1, -0.05) is 91.9 Å². The van der Waals surface area contributed by atoms with Crippen LogP contribution in [0.25, 0.3) is 0 Å². The molecule has 9 rings (SSSR count). The van der Waals surface area contributed by atoms with Crippen LogP contribution in [0.15, 0.2) is 0 Å². The van der Waals surface area contributed by atoms with Gasteiger partial charge in [-0.15, -0.1) is 0 Å². The summed E-state index contributed by atoms with van der Waals surface area (Å²) in [5.41, 5.74) is 0.710. The lowest BCUT2D eigenvalue weighted by Gasteiger charge is -2.62. The Kier molecular flexibility index (Phi) is 7.91. The van der Waals surface area contributed by atoms with E-state index in [4.69, 9.17) is 0 Å². The van der Waals surface area contributed by atoms with E-state index in [0.29, 0.717) is 5.41 Å². The summed E-state index contributed by atoms with van der Waals surface area (Å²) in [6.45, 7) is 10.9. The summed E-state index contributed by atoms with van der Waals surface area (Å²) in [7, 11) is 0. The smallest absolute Gasteiger partial charge is 0.0197 e. The molecule has 0 amide bonds. The van der Waals surface area contributed by atoms with Gasteiger partial charge in [0.2, 0.25) is 0 Å². The Morgan fingerprint density at radius 3 is 1.95 bits per heavy atom. The summed E-state index contributed by atoms with van der Waals surface area (Å²) in [5.74, 6) is 19.5. The van der Waals surface area contributed by atoms with Crippen molar-refractivity contribution in [2.45, 2.75) is 163 Å². The SMILES string of the molecule is CC1CC(C)C(C2CCCCC2)C2(C1)C1CCC3CC4C5CCCCC5CCC4C3C1C1CC(C(C)C)C3CCCCC3C12. The fraction of sp³-hybridized carbons (Fsp3) is 1.00. The zero-order valence-corrected chi connectivity index (χ0v) is 29.7. The van der Waals surface area contributed by atoms with Crippen molar-refractivity contribution in [3.8, 4) is 0 Å². The molecule has 0 heteroatoms. The second kappa shape index (κ2) is 11.6. The minimum absolute atomic E-state index is 0.710. The third kappa shape index (κ3) is 4.38. The maximum absolute atomic E-state index is 2.82. The summed E-state index contributed by atoms with van der Waals surface area (Å²) in [6, 6.07) is 0. The van der Waals surface area contributed by atoms with Gasteiger partial charge in [-0.05, 0) is 183 Å². The van der Waals surface area contributed by atoms with E-state index in [9.17, 15) is 0 Å². The van der Waals surface area contributed by atoms with Crippen molar-refractivity contribution in [2.24, 2.45) is 112 Å². The second-order valence-electron chi connectivity index (χ2n) is 20.5. The first kappa shape index (κ1) is 30.1. The van der Waals surface area contributed by atoms with Crippen LogP contribution < -0.4 is 0 Å². The summed E-state index contributed by atoms with van der Waals surface area (Å²) in [5, 5.41) is 0. The van der Waals surface area contributed by atoms with E-state index < -0.39 is 0 Å². The van der Waals surface area contributed by atoms with Gasteiger partial charge in [-0.3, -0.25) is 0 Å². The average molecular weight is 601 g/mol. The molecule has 9 aliphatic rings. The predicted molar refractivity (Wildman–Crippen MR) is 185 cm³/mol. The third-order valence-electron chi connectivity index (χ3n) is 18.7. The highest BCUT2D eigenvalue weighted by Gasteiger charge is 2.72. The molecule has 0 aromatic rings. The van der Waals surface area contributed by atoms with Gasteiger partial charge in [0, 0.05) is 0 Å². The largest absolute Gasteiger partial charge is 0.0625 e. The average Bonchev–Trinajstić information content (AvgIpc) is 3.54. The molecule has 0 N–H and O–H groups in total. The Bertz CT molecular complexity index is 1020. The first-order valence-electron chi connectivity index (χ1n) is 21.5. The molecule has 9 saturated carbocycles. The van der Waals surface area contributed by atoms with E-state index in [1.54, 1.807) is 128 Å². The van der Waals surface area contributed by atoms with E-state index in [1.165, 1.54) is 6.42 Å². The molecule has 248 valence electrons. The van der Waals surface area contributed by atoms with Crippen LogP contribution in [0.3, 0.4) is 0 Å². The van der Waals surface area contributed by atoms with Crippen molar-refractivity contribution in [3.05, 3.63) is 0 Å². The van der Waals surface area contributed by atoms with Gasteiger partial charge in [0.25, 0.3) is 0 Å². The van der Waals surface area contributed by atoms with Crippen LogP contribution in [0.1, 0.15) is 163 Å². The standard InChI is InChI=1S/C44H72/c1-26(2)36-24-38-41-39(21-19-31-23-37-32-15-9-8-12-29(32)18-20-34(37)40(31)41)44(43(38)35-17-11-10-16-33(35)36)25-27(3)22-28(4)42(44)30-13-6-5-7-14-30/h26-43H,5-25H2,1-4H3. The summed E-state index contributed by atoms with van der Waals surface area (Å²) >= 11 is 0. The van der Waals surface area contributed by atoms with Gasteiger partial charge in [0.1, 0.15) is 0 Å². The van der Waals surface area contributed by atoms with E-state index in [-0.39, 0.29) is 0 Å². The first-order valence-corrected chi connectivity index (χ1v) is 21.5. The van der Waals surface area contributed by atoms with Crippen molar-refractivity contribution in [3.63, 3.8) is 0 Å². The van der Waals surface area contributed by atoms with E-state index in [0.717, 1.165) is 107 Å². The third-order valence-corrected chi connectivity index (χ3v) is 18.7. The molecule has 0 radical (unpaired) electrons. The van der Waals surface area contributed by atoms with Crippen LogP contribution in [-0.4, -0.2) is 0 Å².